The number of thioether (sulfide) groups is 1. The van der Waals surface area contributed by atoms with Gasteiger partial charge in [-0.1, -0.05) is 101 Å². The Kier molecular flexibility index (Phi) is 7.33. The predicted molar refractivity (Wildman–Crippen MR) is 172 cm³/mol. The van der Waals surface area contributed by atoms with Crippen molar-refractivity contribution in [1.29, 1.82) is 0 Å². The van der Waals surface area contributed by atoms with Crippen LogP contribution in [0.2, 0.25) is 5.02 Å². The van der Waals surface area contributed by atoms with Gasteiger partial charge in [0.15, 0.2) is 27.2 Å². The largest absolute Gasteiger partial charge is 0.503 e. The smallest absolute Gasteiger partial charge is 0.296 e. The quantitative estimate of drug-likeness (QED) is 0.101. The van der Waals surface area contributed by atoms with Crippen LogP contribution in [0.25, 0.3) is 21.7 Å². The summed E-state index contributed by atoms with van der Waals surface area (Å²) in [6, 6.07) is 27.0. The molecule has 0 bridgehead atoms. The third-order valence-electron chi connectivity index (χ3n) is 7.40. The minimum absolute atomic E-state index is 0.0451. The van der Waals surface area contributed by atoms with E-state index in [9.17, 15) is 14.7 Å². The summed E-state index contributed by atoms with van der Waals surface area (Å²) in [4.78, 5) is 28.9. The Morgan fingerprint density at radius 1 is 1.02 bits per heavy atom. The number of carbonyl (C=O) groups excluding carboxylic acids is 2. The standard InChI is InChI=1S/C33H22ClN3O5S2/c1-41-24-14-6-10-20-16-25(42-30(20)24)28(38)26-27(19-9-5-12-22(34)15-19)37(31(40)29(26)39)32-35-36-33(44-32)43-17-21-11-4-8-18-7-2-3-13-23(18)21/h2-16,27,39H,17H2,1H3. The van der Waals surface area contributed by atoms with E-state index in [4.69, 9.17) is 20.8 Å². The molecule has 4 aromatic carbocycles. The first-order valence-electron chi connectivity index (χ1n) is 13.5. The molecule has 1 unspecified atom stereocenters. The Morgan fingerprint density at radius 2 is 1.80 bits per heavy atom. The molecule has 11 heteroatoms. The number of aromatic nitrogens is 2. The molecule has 2 aromatic heterocycles. The lowest BCUT2D eigenvalue weighted by atomic mass is 9.95. The van der Waals surface area contributed by atoms with Crippen LogP contribution >= 0.6 is 34.7 Å². The third-order valence-corrected chi connectivity index (χ3v) is 9.74. The molecule has 1 amide bonds. The number of hydrogen-bond acceptors (Lipinski definition) is 9. The van der Waals surface area contributed by atoms with E-state index in [1.165, 1.54) is 35.1 Å². The summed E-state index contributed by atoms with van der Waals surface area (Å²) in [7, 11) is 1.51. The maximum atomic E-state index is 14.0. The Labute approximate surface area is 264 Å². The van der Waals surface area contributed by atoms with Crippen molar-refractivity contribution in [3.63, 3.8) is 0 Å². The average Bonchev–Trinajstić information content (AvgIpc) is 3.76. The molecule has 1 atom stereocenters. The van der Waals surface area contributed by atoms with Gasteiger partial charge in [-0.2, -0.15) is 0 Å². The van der Waals surface area contributed by atoms with Crippen LogP contribution in [0.5, 0.6) is 5.75 Å². The first-order valence-corrected chi connectivity index (χ1v) is 15.7. The number of benzene rings is 4. The molecule has 0 fully saturated rings. The van der Waals surface area contributed by atoms with Crippen LogP contribution in [0.15, 0.2) is 111 Å². The molecule has 8 nitrogen and oxygen atoms in total. The first-order chi connectivity index (χ1) is 21.4. The van der Waals surface area contributed by atoms with Gasteiger partial charge in [-0.15, -0.1) is 10.2 Å². The van der Waals surface area contributed by atoms with E-state index in [0.717, 1.165) is 16.3 Å². The maximum absolute atomic E-state index is 14.0. The van der Waals surface area contributed by atoms with Crippen molar-refractivity contribution in [2.75, 3.05) is 12.0 Å². The van der Waals surface area contributed by atoms with Crippen LogP contribution in [0.1, 0.15) is 27.7 Å². The van der Waals surface area contributed by atoms with Crippen LogP contribution in [-0.4, -0.2) is 34.1 Å². The average molecular weight is 640 g/mol. The number of ether oxygens (including phenoxy) is 1. The molecule has 218 valence electrons. The Hall–Kier alpha value is -4.64. The van der Waals surface area contributed by atoms with Crippen molar-refractivity contribution in [3.8, 4) is 5.75 Å². The number of anilines is 1. The molecule has 1 aliphatic heterocycles. The summed E-state index contributed by atoms with van der Waals surface area (Å²) < 4.78 is 11.9. The molecule has 0 radical (unpaired) electrons. The van der Waals surface area contributed by atoms with E-state index in [-0.39, 0.29) is 16.5 Å². The molecule has 3 heterocycles. The summed E-state index contributed by atoms with van der Waals surface area (Å²) in [5.74, 6) is -1.04. The molecule has 44 heavy (non-hydrogen) atoms. The molecule has 6 aromatic rings. The number of aliphatic hydroxyl groups excluding tert-OH is 1. The highest BCUT2D eigenvalue weighted by atomic mass is 35.5. The van der Waals surface area contributed by atoms with Gasteiger partial charge in [-0.25, -0.2) is 0 Å². The topological polar surface area (TPSA) is 106 Å². The van der Waals surface area contributed by atoms with Crippen LogP contribution < -0.4 is 9.64 Å². The number of hydrogen-bond donors (Lipinski definition) is 1. The number of Topliss-reactive ketones (excluding diaryl/α,β-unsaturated/α-hetero) is 1. The van der Waals surface area contributed by atoms with Crippen molar-refractivity contribution in [3.05, 3.63) is 124 Å². The number of ketones is 1. The lowest BCUT2D eigenvalue weighted by Crippen LogP contribution is -2.31. The molecular weight excluding hydrogens is 618 g/mol. The van der Waals surface area contributed by atoms with Gasteiger partial charge in [-0.05, 0) is 46.2 Å². The SMILES string of the molecule is COc1cccc2cc(C(=O)C3=C(O)C(=O)N(c4nnc(SCc5cccc6ccccc56)s4)C3c3cccc(Cl)c3)oc12. The number of halogens is 1. The summed E-state index contributed by atoms with van der Waals surface area (Å²) in [6.07, 6.45) is 0. The summed E-state index contributed by atoms with van der Waals surface area (Å²) in [5.41, 5.74) is 1.91. The van der Waals surface area contributed by atoms with E-state index < -0.39 is 23.5 Å². The summed E-state index contributed by atoms with van der Waals surface area (Å²) in [5, 5.41) is 23.4. The monoisotopic (exact) mass is 639 g/mol. The zero-order chi connectivity index (χ0) is 30.4. The van der Waals surface area contributed by atoms with Gasteiger partial charge in [0.2, 0.25) is 10.9 Å². The van der Waals surface area contributed by atoms with Crippen LogP contribution in [-0.2, 0) is 10.5 Å². The van der Waals surface area contributed by atoms with Crippen LogP contribution in [0.4, 0.5) is 5.13 Å². The van der Waals surface area contributed by atoms with Gasteiger partial charge >= 0.3 is 0 Å². The highest BCUT2D eigenvalue weighted by Crippen LogP contribution is 2.45. The number of fused-ring (bicyclic) bond motifs is 2. The fraction of sp³-hybridized carbons (Fsp3) is 0.0909. The van der Waals surface area contributed by atoms with Gasteiger partial charge in [0.05, 0.1) is 18.7 Å². The van der Waals surface area contributed by atoms with E-state index in [1.54, 1.807) is 48.5 Å². The number of carbonyl (C=O) groups is 2. The van der Waals surface area contributed by atoms with Crippen molar-refractivity contribution in [2.45, 2.75) is 16.1 Å². The number of methoxy groups -OCH3 is 1. The lowest BCUT2D eigenvalue weighted by Gasteiger charge is -2.24. The van der Waals surface area contributed by atoms with E-state index in [0.29, 0.717) is 37.4 Å². The molecule has 1 N–H and O–H groups in total. The van der Waals surface area contributed by atoms with Crippen molar-refractivity contribution in [2.24, 2.45) is 0 Å². The van der Waals surface area contributed by atoms with Crippen molar-refractivity contribution in [1.82, 2.24) is 10.2 Å². The second-order valence-corrected chi connectivity index (χ2v) is 12.6. The maximum Gasteiger partial charge on any atom is 0.296 e. The number of rotatable bonds is 8. The third kappa shape index (κ3) is 4.90. The Morgan fingerprint density at radius 3 is 2.64 bits per heavy atom. The minimum Gasteiger partial charge on any atom is -0.503 e. The van der Waals surface area contributed by atoms with Crippen molar-refractivity contribution >= 4 is 73.3 Å². The second-order valence-electron chi connectivity index (χ2n) is 9.99. The fourth-order valence-electron chi connectivity index (χ4n) is 5.38. The molecular formula is C33H22ClN3O5S2. The molecule has 7 rings (SSSR count). The zero-order valence-electron chi connectivity index (χ0n) is 23.1. The van der Waals surface area contributed by atoms with E-state index >= 15 is 0 Å². The number of nitrogens with zero attached hydrogens (tertiary/aromatic N) is 3. The fourth-order valence-corrected chi connectivity index (χ4v) is 7.45. The molecule has 0 aliphatic carbocycles. The zero-order valence-corrected chi connectivity index (χ0v) is 25.4. The predicted octanol–water partition coefficient (Wildman–Crippen LogP) is 8.17. The van der Waals surface area contributed by atoms with E-state index in [1.807, 2.05) is 18.2 Å². The van der Waals surface area contributed by atoms with Gasteiger partial charge < -0.3 is 14.3 Å². The van der Waals surface area contributed by atoms with Gasteiger partial charge in [0.1, 0.15) is 0 Å². The minimum atomic E-state index is -1.02. The van der Waals surface area contributed by atoms with Crippen molar-refractivity contribution < 1.29 is 23.8 Å². The molecule has 1 aliphatic rings. The highest BCUT2D eigenvalue weighted by molar-refractivity contribution is 8.00. The molecule has 0 saturated carbocycles. The second kappa shape index (κ2) is 11.5. The summed E-state index contributed by atoms with van der Waals surface area (Å²) >= 11 is 9.04. The highest BCUT2D eigenvalue weighted by Gasteiger charge is 2.47. The summed E-state index contributed by atoms with van der Waals surface area (Å²) in [6.45, 7) is 0. The number of aliphatic hydroxyl groups is 1. The Balaban J connectivity index is 1.24. The molecule has 0 spiro atoms. The number of amides is 1. The first kappa shape index (κ1) is 28.1. The normalized spacial score (nSPS) is 15.1. The van der Waals surface area contributed by atoms with Crippen LogP contribution in [0, 0.1) is 0 Å². The Bertz CT molecular complexity index is 2120. The van der Waals surface area contributed by atoms with Gasteiger partial charge in [0.25, 0.3) is 5.91 Å². The molecule has 0 saturated heterocycles. The number of para-hydroxylation sites is 1. The van der Waals surface area contributed by atoms with E-state index in [2.05, 4.69) is 34.5 Å². The van der Waals surface area contributed by atoms with Gasteiger partial charge in [0, 0.05) is 16.2 Å². The van der Waals surface area contributed by atoms with Gasteiger partial charge in [-0.3, -0.25) is 14.5 Å². The van der Waals surface area contributed by atoms with Crippen LogP contribution in [0.3, 0.4) is 0 Å². The lowest BCUT2D eigenvalue weighted by molar-refractivity contribution is -0.117. The number of furan rings is 1.